The van der Waals surface area contributed by atoms with Crippen molar-refractivity contribution in [1.29, 1.82) is 0 Å². The van der Waals surface area contributed by atoms with Crippen molar-refractivity contribution in [2.45, 2.75) is 25.5 Å². The molecule has 0 saturated carbocycles. The van der Waals surface area contributed by atoms with Gasteiger partial charge in [0, 0.05) is 18.4 Å². The number of nitrogens with zero attached hydrogens (tertiary/aromatic N) is 4. The molecule has 35 heavy (non-hydrogen) atoms. The summed E-state index contributed by atoms with van der Waals surface area (Å²) in [5.41, 5.74) is 2.33. The topological polar surface area (TPSA) is 100 Å². The van der Waals surface area contributed by atoms with Gasteiger partial charge in [0.05, 0.1) is 31.9 Å². The molecule has 1 fully saturated rings. The number of carbonyl (C=O) groups is 1. The molecule has 5 rings (SSSR count). The number of pyridine rings is 1. The quantitative estimate of drug-likeness (QED) is 0.342. The molecule has 1 aromatic carbocycles. The van der Waals surface area contributed by atoms with Crippen molar-refractivity contribution in [1.82, 2.24) is 19.9 Å². The van der Waals surface area contributed by atoms with E-state index in [1.54, 1.807) is 18.3 Å². The van der Waals surface area contributed by atoms with Crippen LogP contribution in [0.1, 0.15) is 23.4 Å². The fraction of sp³-hybridized carbons (Fsp3) is 0.200. The van der Waals surface area contributed by atoms with Crippen LogP contribution in [0.15, 0.2) is 55.0 Å². The van der Waals surface area contributed by atoms with Crippen molar-refractivity contribution >= 4 is 50.8 Å². The Morgan fingerprint density at radius 1 is 1.26 bits per heavy atom. The zero-order valence-corrected chi connectivity index (χ0v) is 20.0. The summed E-state index contributed by atoms with van der Waals surface area (Å²) >= 11 is 7.90. The predicted octanol–water partition coefficient (Wildman–Crippen LogP) is 5.56. The van der Waals surface area contributed by atoms with Crippen LogP contribution in [0, 0.1) is 11.8 Å². The second-order valence-corrected chi connectivity index (χ2v) is 9.29. The fourth-order valence-electron chi connectivity index (χ4n) is 3.77. The van der Waals surface area contributed by atoms with Gasteiger partial charge in [-0.15, -0.1) is 11.3 Å². The van der Waals surface area contributed by atoms with Crippen molar-refractivity contribution in [2.24, 2.45) is 0 Å². The van der Waals surface area contributed by atoms with E-state index in [2.05, 4.69) is 32.1 Å². The Hall–Kier alpha value is -3.87. The van der Waals surface area contributed by atoms with Crippen LogP contribution in [0.3, 0.4) is 0 Å². The summed E-state index contributed by atoms with van der Waals surface area (Å²) < 4.78 is 6.64. The number of thiophene rings is 1. The van der Waals surface area contributed by atoms with Gasteiger partial charge in [-0.05, 0) is 49.2 Å². The molecule has 1 saturated heterocycles. The van der Waals surface area contributed by atoms with Crippen LogP contribution in [0.25, 0.3) is 10.2 Å². The molecule has 176 valence electrons. The van der Waals surface area contributed by atoms with Crippen LogP contribution in [-0.2, 0) is 6.61 Å². The number of likely N-dealkylation sites (tertiary alicyclic amines) is 1. The summed E-state index contributed by atoms with van der Waals surface area (Å²) in [5, 5.41) is 13.1. The first-order chi connectivity index (χ1) is 17.1. The van der Waals surface area contributed by atoms with E-state index < -0.39 is 6.09 Å². The summed E-state index contributed by atoms with van der Waals surface area (Å²) in [4.78, 5) is 26.5. The van der Waals surface area contributed by atoms with Gasteiger partial charge in [-0.25, -0.2) is 14.8 Å². The fourth-order valence-corrected chi connectivity index (χ4v) is 4.92. The molecule has 3 aromatic heterocycles. The van der Waals surface area contributed by atoms with E-state index in [0.717, 1.165) is 39.3 Å². The van der Waals surface area contributed by atoms with Gasteiger partial charge < -0.3 is 15.2 Å². The van der Waals surface area contributed by atoms with Crippen molar-refractivity contribution in [3.8, 4) is 17.6 Å². The zero-order valence-electron chi connectivity index (χ0n) is 18.4. The Morgan fingerprint density at radius 3 is 2.97 bits per heavy atom. The van der Waals surface area contributed by atoms with Crippen molar-refractivity contribution in [3.63, 3.8) is 0 Å². The molecule has 4 heterocycles. The van der Waals surface area contributed by atoms with Gasteiger partial charge in [0.15, 0.2) is 5.82 Å². The van der Waals surface area contributed by atoms with Crippen LogP contribution in [0.4, 0.5) is 16.3 Å². The first-order valence-corrected chi connectivity index (χ1v) is 12.1. The van der Waals surface area contributed by atoms with Gasteiger partial charge in [0.1, 0.15) is 18.7 Å². The summed E-state index contributed by atoms with van der Waals surface area (Å²) in [6, 6.07) is 12.7. The Balaban J connectivity index is 1.32. The number of halogens is 1. The van der Waals surface area contributed by atoms with E-state index in [4.69, 9.17) is 16.3 Å². The minimum atomic E-state index is -0.928. The van der Waals surface area contributed by atoms with Gasteiger partial charge >= 0.3 is 6.09 Å². The summed E-state index contributed by atoms with van der Waals surface area (Å²) in [6.07, 6.45) is 3.86. The molecule has 0 spiro atoms. The second kappa shape index (κ2) is 10.2. The molecule has 0 radical (unpaired) electrons. The number of aromatic nitrogens is 3. The van der Waals surface area contributed by atoms with Gasteiger partial charge in [0.25, 0.3) is 0 Å². The Morgan fingerprint density at radius 2 is 2.17 bits per heavy atom. The molecule has 1 amide bonds. The largest absolute Gasteiger partial charge is 0.486 e. The molecular weight excluding hydrogens is 486 g/mol. The van der Waals surface area contributed by atoms with E-state index in [0.29, 0.717) is 29.7 Å². The lowest BCUT2D eigenvalue weighted by Gasteiger charge is -2.15. The normalized spacial score (nSPS) is 15.0. The molecule has 2 N–H and O–H groups in total. The molecule has 8 nitrogen and oxygen atoms in total. The highest BCUT2D eigenvalue weighted by Crippen LogP contribution is 2.33. The summed E-state index contributed by atoms with van der Waals surface area (Å²) in [6.45, 7) is 0.847. The lowest BCUT2D eigenvalue weighted by Crippen LogP contribution is -2.33. The minimum absolute atomic E-state index is 0.276. The Labute approximate surface area is 210 Å². The lowest BCUT2D eigenvalue weighted by molar-refractivity contribution is 0.148. The van der Waals surface area contributed by atoms with Crippen molar-refractivity contribution in [3.05, 3.63) is 70.6 Å². The first kappa shape index (κ1) is 22.9. The third kappa shape index (κ3) is 5.29. The van der Waals surface area contributed by atoms with E-state index in [9.17, 15) is 9.90 Å². The summed E-state index contributed by atoms with van der Waals surface area (Å²) in [5.74, 6) is 7.42. The van der Waals surface area contributed by atoms with Gasteiger partial charge in [-0.2, -0.15) is 0 Å². The average Bonchev–Trinajstić information content (AvgIpc) is 3.50. The predicted molar refractivity (Wildman–Crippen MR) is 135 cm³/mol. The Bertz CT molecular complexity index is 1430. The number of hydrogen-bond donors (Lipinski definition) is 2. The maximum absolute atomic E-state index is 11.3. The molecule has 1 atom stereocenters. The highest BCUT2D eigenvalue weighted by molar-refractivity contribution is 7.20. The van der Waals surface area contributed by atoms with Crippen LogP contribution in [-0.4, -0.2) is 43.6 Å². The van der Waals surface area contributed by atoms with E-state index in [1.165, 1.54) is 22.6 Å². The molecule has 0 unspecified atom stereocenters. The number of hydrogen-bond acceptors (Lipinski definition) is 7. The number of fused-ring (bicyclic) bond motifs is 1. The van der Waals surface area contributed by atoms with Crippen molar-refractivity contribution in [2.75, 3.05) is 11.9 Å². The van der Waals surface area contributed by atoms with Crippen LogP contribution >= 0.6 is 22.9 Å². The molecule has 0 bridgehead atoms. The average molecular weight is 506 g/mol. The third-order valence-corrected chi connectivity index (χ3v) is 6.81. The molecular formula is C25H20ClN5O3S. The van der Waals surface area contributed by atoms with Gasteiger partial charge in [0.2, 0.25) is 0 Å². The lowest BCUT2D eigenvalue weighted by atomic mass is 10.2. The number of anilines is 2. The zero-order chi connectivity index (χ0) is 24.2. The first-order valence-electron chi connectivity index (χ1n) is 10.9. The SMILES string of the molecule is O=C(O)N1CCC[C@@H]1C#Cc1cc2ncnc(Nc3ccc(OCc4ccccn4)c(Cl)c3)c2s1. The highest BCUT2D eigenvalue weighted by Gasteiger charge is 2.26. The standard InChI is InChI=1S/C25H20ClN5O3S/c26-20-12-16(6-9-22(20)34-14-17-4-1-2-10-27-17)30-24-23-21(28-15-29-24)13-19(35-23)8-7-18-5-3-11-31(18)25(32)33/h1-2,4,6,9-10,12-13,15,18H,3,5,11,14H2,(H,32,33)(H,28,29,30)/t18-/m1/s1. The van der Waals surface area contributed by atoms with Gasteiger partial charge in [-0.1, -0.05) is 29.5 Å². The van der Waals surface area contributed by atoms with Gasteiger partial charge in [-0.3, -0.25) is 9.88 Å². The smallest absolute Gasteiger partial charge is 0.408 e. The molecule has 1 aliphatic rings. The molecule has 4 aromatic rings. The second-order valence-electron chi connectivity index (χ2n) is 7.83. The third-order valence-electron chi connectivity index (χ3n) is 5.47. The number of amides is 1. The van der Waals surface area contributed by atoms with E-state index in [1.807, 2.05) is 30.3 Å². The van der Waals surface area contributed by atoms with Crippen LogP contribution in [0.2, 0.25) is 5.02 Å². The maximum atomic E-state index is 11.3. The summed E-state index contributed by atoms with van der Waals surface area (Å²) in [7, 11) is 0. The van der Waals surface area contributed by atoms with Crippen LogP contribution < -0.4 is 10.1 Å². The molecule has 0 aliphatic carbocycles. The number of carboxylic acid groups (broad SMARTS) is 1. The molecule has 1 aliphatic heterocycles. The minimum Gasteiger partial charge on any atom is -0.486 e. The monoisotopic (exact) mass is 505 g/mol. The van der Waals surface area contributed by atoms with E-state index in [-0.39, 0.29) is 6.04 Å². The highest BCUT2D eigenvalue weighted by atomic mass is 35.5. The number of rotatable bonds is 5. The maximum Gasteiger partial charge on any atom is 0.408 e. The Kier molecular flexibility index (Phi) is 6.66. The number of ether oxygens (including phenoxy) is 1. The number of benzene rings is 1. The van der Waals surface area contributed by atoms with Crippen molar-refractivity contribution < 1.29 is 14.6 Å². The molecule has 10 heteroatoms. The number of nitrogens with one attached hydrogen (secondary N) is 1. The van der Waals surface area contributed by atoms with E-state index >= 15 is 0 Å². The van der Waals surface area contributed by atoms with Crippen LogP contribution in [0.5, 0.6) is 5.75 Å².